The molecule has 0 aromatic heterocycles. The summed E-state index contributed by atoms with van der Waals surface area (Å²) >= 11 is 0. The molecular formula is C26H45NO19. The Morgan fingerprint density at radius 2 is 1.15 bits per heavy atom. The number of hydrogen-bond acceptors (Lipinski definition) is 19. The highest BCUT2D eigenvalue weighted by atomic mass is 16.8. The summed E-state index contributed by atoms with van der Waals surface area (Å²) in [6.45, 7) is 2.58. The Bertz CT molecular complexity index is 997. The van der Waals surface area contributed by atoms with Gasteiger partial charge < -0.3 is 94.6 Å². The van der Waals surface area contributed by atoms with Gasteiger partial charge in [0.15, 0.2) is 25.2 Å². The van der Waals surface area contributed by atoms with Crippen LogP contribution in [-0.4, -0.2) is 198 Å². The quantitative estimate of drug-likeness (QED) is 0.108. The summed E-state index contributed by atoms with van der Waals surface area (Å²) in [6.07, 6.45) is -30.3. The van der Waals surface area contributed by atoms with Crippen molar-refractivity contribution in [3.05, 3.63) is 0 Å². The van der Waals surface area contributed by atoms with Crippen LogP contribution in [0.4, 0.5) is 0 Å². The highest BCUT2D eigenvalue weighted by Crippen LogP contribution is 2.33. The van der Waals surface area contributed by atoms with E-state index in [4.69, 9.17) is 33.2 Å². The molecule has 0 saturated carbocycles. The first-order chi connectivity index (χ1) is 21.6. The topological polar surface area (TPSA) is 316 Å². The number of carbonyl (C=O) groups excluding carboxylic acids is 1. The summed E-state index contributed by atoms with van der Waals surface area (Å²) in [4.78, 5) is 11.8. The van der Waals surface area contributed by atoms with Crippen LogP contribution >= 0.6 is 0 Å². The SMILES string of the molecule is CC(=O)N[C@@H]1[C@@H](O[C@@H]2O[C@@H](C)[C@@H](O)[C@@H](O[C@H]3O[C@H](CO[C@@H]4O[C@@H](C)[C@@H](O)[C@@H](O)[C@@H]4O)[C@H](O)[C@H](O)[C@H]3O)[C@@H]2O)[C@H](O)[C@@H](CO)O[C@H]1O. The Morgan fingerprint density at radius 1 is 0.609 bits per heavy atom. The van der Waals surface area contributed by atoms with Gasteiger partial charge in [-0.1, -0.05) is 0 Å². The van der Waals surface area contributed by atoms with Crippen molar-refractivity contribution in [3.63, 3.8) is 0 Å². The highest BCUT2D eigenvalue weighted by Gasteiger charge is 2.53. The summed E-state index contributed by atoms with van der Waals surface area (Å²) < 4.78 is 38.5. The largest absolute Gasteiger partial charge is 0.394 e. The van der Waals surface area contributed by atoms with Crippen LogP contribution in [0.2, 0.25) is 0 Å². The van der Waals surface area contributed by atoms with Gasteiger partial charge in [0.05, 0.1) is 25.4 Å². The van der Waals surface area contributed by atoms with E-state index in [1.807, 2.05) is 0 Å². The van der Waals surface area contributed by atoms with Crippen molar-refractivity contribution in [2.45, 2.75) is 144 Å². The summed E-state index contributed by atoms with van der Waals surface area (Å²) in [5.41, 5.74) is 0. The lowest BCUT2D eigenvalue weighted by Gasteiger charge is -2.48. The zero-order chi connectivity index (χ0) is 34.2. The van der Waals surface area contributed by atoms with Crippen molar-refractivity contribution in [1.29, 1.82) is 0 Å². The zero-order valence-electron chi connectivity index (χ0n) is 25.1. The second kappa shape index (κ2) is 15.5. The molecule has 4 aliphatic rings. The molecule has 12 N–H and O–H groups in total. The van der Waals surface area contributed by atoms with Crippen LogP contribution in [-0.2, 0) is 38.0 Å². The fourth-order valence-corrected chi connectivity index (χ4v) is 5.72. The summed E-state index contributed by atoms with van der Waals surface area (Å²) in [5, 5.41) is 117. The fraction of sp³-hybridized carbons (Fsp3) is 0.962. The van der Waals surface area contributed by atoms with Crippen molar-refractivity contribution in [2.75, 3.05) is 13.2 Å². The van der Waals surface area contributed by atoms with Crippen molar-refractivity contribution < 1.29 is 94.1 Å². The van der Waals surface area contributed by atoms with E-state index < -0.39 is 142 Å². The molecule has 4 fully saturated rings. The molecule has 0 radical (unpaired) electrons. The number of rotatable bonds is 9. The van der Waals surface area contributed by atoms with E-state index in [0.717, 1.165) is 6.92 Å². The molecule has 4 rings (SSSR count). The number of aliphatic hydroxyl groups is 11. The van der Waals surface area contributed by atoms with Crippen molar-refractivity contribution >= 4 is 5.91 Å². The molecule has 0 bridgehead atoms. The van der Waals surface area contributed by atoms with Crippen LogP contribution in [0.25, 0.3) is 0 Å². The van der Waals surface area contributed by atoms with Gasteiger partial charge in [-0.3, -0.25) is 4.79 Å². The second-order valence-electron chi connectivity index (χ2n) is 11.9. The Labute approximate surface area is 262 Å². The molecule has 4 saturated heterocycles. The molecule has 4 aliphatic heterocycles. The molecule has 20 atom stereocenters. The first-order valence-corrected chi connectivity index (χ1v) is 14.8. The zero-order valence-corrected chi connectivity index (χ0v) is 25.1. The molecule has 46 heavy (non-hydrogen) atoms. The fourth-order valence-electron chi connectivity index (χ4n) is 5.72. The van der Waals surface area contributed by atoms with Gasteiger partial charge in [-0.15, -0.1) is 0 Å². The van der Waals surface area contributed by atoms with Crippen LogP contribution in [0.3, 0.4) is 0 Å². The van der Waals surface area contributed by atoms with Gasteiger partial charge in [-0.2, -0.15) is 0 Å². The molecule has 0 aromatic rings. The Morgan fingerprint density at radius 3 is 1.78 bits per heavy atom. The Kier molecular flexibility index (Phi) is 12.7. The lowest BCUT2D eigenvalue weighted by atomic mass is 9.95. The van der Waals surface area contributed by atoms with Gasteiger partial charge in [-0.25, -0.2) is 0 Å². The van der Waals surface area contributed by atoms with E-state index in [9.17, 15) is 61.0 Å². The number of hydrogen-bond donors (Lipinski definition) is 12. The summed E-state index contributed by atoms with van der Waals surface area (Å²) in [6, 6.07) is -1.40. The standard InChI is InChI=1S/C26H45NO19/c1-6-12(30)16(34)18(36)24(41-6)40-5-10-14(32)17(35)19(37)25(44-10)46-22-13(31)7(2)42-26(20(22)38)45-21-11(27-8(3)29)23(39)43-9(4-28)15(21)33/h6-7,9-26,28,30-39H,4-5H2,1-3H3,(H,27,29)/t6-,7-,9+,10+,11+,12+,13+,14-,15+,16+,17-,18-,19+,20-,21+,22+,23+,24+,25+,26-/m0/s1. The maximum atomic E-state index is 11.8. The molecule has 0 spiro atoms. The third-order valence-corrected chi connectivity index (χ3v) is 8.51. The van der Waals surface area contributed by atoms with Crippen molar-refractivity contribution in [2.24, 2.45) is 0 Å². The monoisotopic (exact) mass is 675 g/mol. The molecular weight excluding hydrogens is 630 g/mol. The Hall–Kier alpha value is -1.25. The molecule has 20 nitrogen and oxygen atoms in total. The number of nitrogens with one attached hydrogen (secondary N) is 1. The molecule has 268 valence electrons. The number of ether oxygens (including phenoxy) is 7. The van der Waals surface area contributed by atoms with Crippen molar-refractivity contribution in [3.8, 4) is 0 Å². The van der Waals surface area contributed by atoms with Crippen LogP contribution in [0.1, 0.15) is 20.8 Å². The average molecular weight is 676 g/mol. The summed E-state index contributed by atoms with van der Waals surface area (Å²) in [5.74, 6) is -0.637. The minimum Gasteiger partial charge on any atom is -0.394 e. The van der Waals surface area contributed by atoms with Gasteiger partial charge in [-0.05, 0) is 13.8 Å². The van der Waals surface area contributed by atoms with Gasteiger partial charge in [0.25, 0.3) is 0 Å². The molecule has 4 heterocycles. The molecule has 20 heteroatoms. The normalized spacial score (nSPS) is 51.9. The lowest BCUT2D eigenvalue weighted by Crippen LogP contribution is -2.68. The lowest BCUT2D eigenvalue weighted by molar-refractivity contribution is -0.373. The van der Waals surface area contributed by atoms with E-state index in [2.05, 4.69) is 5.32 Å². The maximum Gasteiger partial charge on any atom is 0.217 e. The van der Waals surface area contributed by atoms with Crippen LogP contribution in [0.15, 0.2) is 0 Å². The van der Waals surface area contributed by atoms with E-state index in [-0.39, 0.29) is 0 Å². The predicted octanol–water partition coefficient (Wildman–Crippen LogP) is -7.55. The van der Waals surface area contributed by atoms with Crippen LogP contribution < -0.4 is 5.32 Å². The van der Waals surface area contributed by atoms with Gasteiger partial charge >= 0.3 is 0 Å². The minimum absolute atomic E-state index is 0.594. The molecule has 0 aromatic carbocycles. The van der Waals surface area contributed by atoms with Crippen LogP contribution in [0, 0.1) is 0 Å². The number of carbonyl (C=O) groups is 1. The van der Waals surface area contributed by atoms with E-state index in [1.54, 1.807) is 0 Å². The minimum atomic E-state index is -1.93. The van der Waals surface area contributed by atoms with Crippen LogP contribution in [0.5, 0.6) is 0 Å². The van der Waals surface area contributed by atoms with Gasteiger partial charge in [0.2, 0.25) is 5.91 Å². The average Bonchev–Trinajstić information content (AvgIpc) is 3.01. The van der Waals surface area contributed by atoms with Gasteiger partial charge in [0, 0.05) is 6.92 Å². The summed E-state index contributed by atoms with van der Waals surface area (Å²) in [7, 11) is 0. The first kappa shape index (κ1) is 37.6. The smallest absolute Gasteiger partial charge is 0.217 e. The third-order valence-electron chi connectivity index (χ3n) is 8.51. The van der Waals surface area contributed by atoms with Crippen molar-refractivity contribution in [1.82, 2.24) is 5.32 Å². The molecule has 0 aliphatic carbocycles. The highest BCUT2D eigenvalue weighted by molar-refractivity contribution is 5.73. The molecule has 1 amide bonds. The molecule has 0 unspecified atom stereocenters. The van der Waals surface area contributed by atoms with E-state index in [0.29, 0.717) is 0 Å². The second-order valence-corrected chi connectivity index (χ2v) is 11.9. The number of amides is 1. The Balaban J connectivity index is 1.47. The maximum absolute atomic E-state index is 11.8. The van der Waals surface area contributed by atoms with E-state index >= 15 is 0 Å². The first-order valence-electron chi connectivity index (χ1n) is 14.8. The van der Waals surface area contributed by atoms with Gasteiger partial charge in [0.1, 0.15) is 85.4 Å². The number of aliphatic hydroxyl groups excluding tert-OH is 11. The predicted molar refractivity (Wildman–Crippen MR) is 143 cm³/mol. The third kappa shape index (κ3) is 7.80. The van der Waals surface area contributed by atoms with E-state index in [1.165, 1.54) is 13.8 Å².